The number of likely N-dealkylation sites (N-methyl/N-ethyl adjacent to an activating group) is 1. The summed E-state index contributed by atoms with van der Waals surface area (Å²) in [7, 11) is 1.78. The highest BCUT2D eigenvalue weighted by Crippen LogP contribution is 2.65. The summed E-state index contributed by atoms with van der Waals surface area (Å²) < 4.78 is -1.42. The van der Waals surface area contributed by atoms with Crippen LogP contribution in [-0.4, -0.2) is 81.5 Å². The van der Waals surface area contributed by atoms with E-state index in [2.05, 4.69) is 6.08 Å². The lowest BCUT2D eigenvalue weighted by Crippen LogP contribution is -2.53. The second-order valence-corrected chi connectivity index (χ2v) is 12.8. The lowest BCUT2D eigenvalue weighted by Gasteiger charge is -2.37. The summed E-state index contributed by atoms with van der Waals surface area (Å²) in [6, 6.07) is 6.47. The van der Waals surface area contributed by atoms with Crippen LogP contribution in [0.3, 0.4) is 0 Å². The van der Waals surface area contributed by atoms with Crippen LogP contribution in [0.15, 0.2) is 48.6 Å². The van der Waals surface area contributed by atoms with E-state index >= 15 is 0 Å². The fourth-order valence-electron chi connectivity index (χ4n) is 6.48. The molecule has 3 amide bonds. The normalized spacial score (nSPS) is 32.9. The van der Waals surface area contributed by atoms with Crippen molar-refractivity contribution in [3.8, 4) is 0 Å². The summed E-state index contributed by atoms with van der Waals surface area (Å²) in [4.78, 5) is 47.4. The minimum Gasteiger partial charge on any atom is -0.396 e. The number of likely N-dealkylation sites (tertiary alicyclic amines) is 1. The molecule has 0 saturated carbocycles. The molecule has 0 aromatic heterocycles. The molecule has 1 aromatic carbocycles. The van der Waals surface area contributed by atoms with Gasteiger partial charge < -0.3 is 19.8 Å². The summed E-state index contributed by atoms with van der Waals surface area (Å²) in [6.45, 7) is 3.53. The van der Waals surface area contributed by atoms with E-state index in [0.29, 0.717) is 24.7 Å². The molecule has 0 bridgehead atoms. The molecule has 1 spiro atoms. The molecule has 4 aliphatic rings. The summed E-state index contributed by atoms with van der Waals surface area (Å²) in [5.41, 5.74) is 0.731. The summed E-state index contributed by atoms with van der Waals surface area (Å²) in [6.07, 6.45) is 11.3. The summed E-state index contributed by atoms with van der Waals surface area (Å²) in [5, 5.41) is 9.72. The number of amides is 3. The van der Waals surface area contributed by atoms with E-state index in [9.17, 15) is 14.4 Å². The van der Waals surface area contributed by atoms with E-state index in [1.807, 2.05) is 37.3 Å². The Kier molecular flexibility index (Phi) is 7.20. The number of halogens is 1. The van der Waals surface area contributed by atoms with Crippen LogP contribution >= 0.6 is 23.4 Å². The standard InChI is InChI=1S/C28H34ClN3O4S/c1-27-13-7-15-30(2)24(34)21(27)22-25(35)32(16-5-3-4-6-18-33)23-26(36)31(17-8-14-28(22,23)37-27)20-11-9-19(29)10-12-20/h7-14,21-23,33H,3-6,15-18H2,1-2H3/t21-,22-,23?,27+,28-/m0/s1. The van der Waals surface area contributed by atoms with Gasteiger partial charge in [-0.3, -0.25) is 14.4 Å². The van der Waals surface area contributed by atoms with Crippen LogP contribution < -0.4 is 4.90 Å². The Morgan fingerprint density at radius 3 is 2.38 bits per heavy atom. The number of hydrogen-bond donors (Lipinski definition) is 1. The van der Waals surface area contributed by atoms with E-state index in [4.69, 9.17) is 16.7 Å². The van der Waals surface area contributed by atoms with E-state index in [1.54, 1.807) is 45.6 Å². The Balaban J connectivity index is 1.57. The Hall–Kier alpha value is -2.29. The number of anilines is 1. The topological polar surface area (TPSA) is 81.2 Å². The monoisotopic (exact) mass is 543 g/mol. The molecule has 7 nitrogen and oxygen atoms in total. The van der Waals surface area contributed by atoms with Crippen molar-refractivity contribution in [3.63, 3.8) is 0 Å². The van der Waals surface area contributed by atoms with Crippen LogP contribution in [0.4, 0.5) is 5.69 Å². The van der Waals surface area contributed by atoms with Gasteiger partial charge in [-0.05, 0) is 44.0 Å². The number of thioether (sulfide) groups is 1. The van der Waals surface area contributed by atoms with Crippen molar-refractivity contribution in [2.24, 2.45) is 11.8 Å². The van der Waals surface area contributed by atoms with E-state index in [0.717, 1.165) is 31.4 Å². The largest absolute Gasteiger partial charge is 0.396 e. The van der Waals surface area contributed by atoms with Crippen molar-refractivity contribution < 1.29 is 19.5 Å². The smallest absolute Gasteiger partial charge is 0.251 e. The SMILES string of the molecule is CN1CC=C[C@@]2(C)S[C@]34C=CCN(c5ccc(Cl)cc5)C(=O)C3N(CCCCCCO)C(=O)[C@@H]4[C@H]2C1=O. The summed E-state index contributed by atoms with van der Waals surface area (Å²) in [5.74, 6) is -1.45. The molecule has 2 fully saturated rings. The van der Waals surface area contributed by atoms with Gasteiger partial charge >= 0.3 is 0 Å². The first-order valence-electron chi connectivity index (χ1n) is 13.0. The number of carbonyl (C=O) groups excluding carboxylic acids is 3. The molecular formula is C28H34ClN3O4S. The van der Waals surface area contributed by atoms with Crippen LogP contribution in [0, 0.1) is 11.8 Å². The highest BCUT2D eigenvalue weighted by atomic mass is 35.5. The third-order valence-corrected chi connectivity index (χ3v) is 10.3. The van der Waals surface area contributed by atoms with Crippen LogP contribution in [0.1, 0.15) is 32.6 Å². The highest BCUT2D eigenvalue weighted by Gasteiger charge is 2.73. The van der Waals surface area contributed by atoms with Gasteiger partial charge in [0.1, 0.15) is 6.04 Å². The maximum atomic E-state index is 14.4. The highest BCUT2D eigenvalue weighted by molar-refractivity contribution is 8.02. The van der Waals surface area contributed by atoms with Gasteiger partial charge in [0.2, 0.25) is 11.8 Å². The number of aliphatic hydroxyl groups excluding tert-OH is 1. The third kappa shape index (κ3) is 4.31. The predicted octanol–water partition coefficient (Wildman–Crippen LogP) is 3.51. The lowest BCUT2D eigenvalue weighted by atomic mass is 9.74. The molecule has 1 N–H and O–H groups in total. The lowest BCUT2D eigenvalue weighted by molar-refractivity contribution is -0.143. The average molecular weight is 544 g/mol. The van der Waals surface area contributed by atoms with Gasteiger partial charge in [-0.2, -0.15) is 0 Å². The number of hydrogen-bond acceptors (Lipinski definition) is 5. The van der Waals surface area contributed by atoms with Crippen molar-refractivity contribution in [1.29, 1.82) is 0 Å². The fraction of sp³-hybridized carbons (Fsp3) is 0.536. The molecule has 4 aliphatic heterocycles. The first-order chi connectivity index (χ1) is 17.7. The first-order valence-corrected chi connectivity index (χ1v) is 14.2. The molecule has 0 aliphatic carbocycles. The minimum absolute atomic E-state index is 0.0431. The third-order valence-electron chi connectivity index (χ3n) is 8.20. The molecule has 5 atom stereocenters. The van der Waals surface area contributed by atoms with Crippen molar-refractivity contribution in [2.45, 2.75) is 48.1 Å². The number of benzene rings is 1. The molecule has 198 valence electrons. The molecule has 9 heteroatoms. The first kappa shape index (κ1) is 26.3. The Morgan fingerprint density at radius 1 is 0.946 bits per heavy atom. The number of rotatable bonds is 7. The van der Waals surface area contributed by atoms with Gasteiger partial charge in [-0.25, -0.2) is 0 Å². The van der Waals surface area contributed by atoms with Crippen LogP contribution in [0.2, 0.25) is 5.02 Å². The Bertz CT molecular complexity index is 1140. The second kappa shape index (κ2) is 10.1. The van der Waals surface area contributed by atoms with Crippen molar-refractivity contribution in [3.05, 3.63) is 53.6 Å². The minimum atomic E-state index is -0.835. The van der Waals surface area contributed by atoms with Crippen LogP contribution in [0.5, 0.6) is 0 Å². The molecule has 1 aromatic rings. The number of nitrogens with zero attached hydrogens (tertiary/aromatic N) is 3. The average Bonchev–Trinajstić information content (AvgIpc) is 3.14. The molecule has 0 radical (unpaired) electrons. The summed E-state index contributed by atoms with van der Waals surface area (Å²) >= 11 is 7.71. The zero-order valence-corrected chi connectivity index (χ0v) is 22.9. The van der Waals surface area contributed by atoms with Gasteiger partial charge in [0, 0.05) is 48.7 Å². The second-order valence-electron chi connectivity index (χ2n) is 10.6. The number of aliphatic hydroxyl groups is 1. The van der Waals surface area contributed by atoms with E-state index in [-0.39, 0.29) is 24.3 Å². The Labute approximate surface area is 227 Å². The van der Waals surface area contributed by atoms with Gasteiger partial charge in [0.15, 0.2) is 0 Å². The van der Waals surface area contributed by atoms with Gasteiger partial charge in [0.25, 0.3) is 5.91 Å². The number of fused-ring (bicyclic) bond motifs is 2. The van der Waals surface area contributed by atoms with Crippen molar-refractivity contribution >= 4 is 46.8 Å². The van der Waals surface area contributed by atoms with E-state index < -0.39 is 27.4 Å². The quantitative estimate of drug-likeness (QED) is 0.420. The molecule has 1 unspecified atom stereocenters. The fourth-order valence-corrected chi connectivity index (χ4v) is 8.77. The zero-order valence-electron chi connectivity index (χ0n) is 21.3. The molecule has 4 heterocycles. The van der Waals surface area contributed by atoms with E-state index in [1.165, 1.54) is 0 Å². The Morgan fingerprint density at radius 2 is 1.65 bits per heavy atom. The maximum Gasteiger partial charge on any atom is 0.251 e. The predicted molar refractivity (Wildman–Crippen MR) is 146 cm³/mol. The molecule has 37 heavy (non-hydrogen) atoms. The zero-order chi connectivity index (χ0) is 26.4. The van der Waals surface area contributed by atoms with Crippen LogP contribution in [-0.2, 0) is 14.4 Å². The molecule has 2 saturated heterocycles. The molecule has 5 rings (SSSR count). The van der Waals surface area contributed by atoms with Crippen molar-refractivity contribution in [1.82, 2.24) is 9.80 Å². The number of carbonyl (C=O) groups is 3. The number of unbranched alkanes of at least 4 members (excludes halogenated alkanes) is 3. The van der Waals surface area contributed by atoms with Gasteiger partial charge in [-0.1, -0.05) is 48.7 Å². The van der Waals surface area contributed by atoms with Gasteiger partial charge in [0.05, 0.1) is 16.6 Å². The van der Waals surface area contributed by atoms with Gasteiger partial charge in [-0.15, -0.1) is 11.8 Å². The maximum absolute atomic E-state index is 14.4. The van der Waals surface area contributed by atoms with Crippen molar-refractivity contribution in [2.75, 3.05) is 38.2 Å². The van der Waals surface area contributed by atoms with Crippen LogP contribution in [0.25, 0.3) is 0 Å². The molecular weight excluding hydrogens is 510 g/mol.